The van der Waals surface area contributed by atoms with Crippen LogP contribution in [0.5, 0.6) is 0 Å². The van der Waals surface area contributed by atoms with Crippen molar-refractivity contribution in [3.05, 3.63) is 27.5 Å². The highest BCUT2D eigenvalue weighted by Gasteiger charge is 2.12. The Bertz CT molecular complexity index is 417. The van der Waals surface area contributed by atoms with Crippen molar-refractivity contribution in [2.24, 2.45) is 0 Å². The Hall–Kier alpha value is -0.690. The number of aliphatic hydroxyl groups excluding tert-OH is 1. The molecular weight excluding hydrogens is 323 g/mol. The van der Waals surface area contributed by atoms with Gasteiger partial charge in [-0.05, 0) is 28.4 Å². The average molecular weight is 338 g/mol. The Labute approximate surface area is 119 Å². The van der Waals surface area contributed by atoms with Gasteiger partial charge in [0.05, 0.1) is 18.3 Å². The van der Waals surface area contributed by atoms with Gasteiger partial charge in [0.1, 0.15) is 5.15 Å². The Balaban J connectivity index is 2.48. The third kappa shape index (κ3) is 4.89. The van der Waals surface area contributed by atoms with Gasteiger partial charge in [-0.25, -0.2) is 4.98 Å². The predicted molar refractivity (Wildman–Crippen MR) is 71.8 cm³/mol. The molecule has 0 fully saturated rings. The number of hydrogen-bond acceptors (Lipinski definition) is 4. The van der Waals surface area contributed by atoms with Crippen LogP contribution in [0.15, 0.2) is 16.7 Å². The van der Waals surface area contributed by atoms with E-state index < -0.39 is 6.10 Å². The monoisotopic (exact) mass is 336 g/mol. The van der Waals surface area contributed by atoms with Gasteiger partial charge in [0.15, 0.2) is 0 Å². The van der Waals surface area contributed by atoms with Crippen LogP contribution in [0.2, 0.25) is 5.15 Å². The molecule has 1 heterocycles. The first-order chi connectivity index (χ1) is 8.54. The van der Waals surface area contributed by atoms with Crippen molar-refractivity contribution in [2.75, 3.05) is 20.3 Å². The van der Waals surface area contributed by atoms with E-state index in [1.807, 2.05) is 0 Å². The van der Waals surface area contributed by atoms with E-state index in [2.05, 4.69) is 26.2 Å². The van der Waals surface area contributed by atoms with Gasteiger partial charge < -0.3 is 15.2 Å². The quantitative estimate of drug-likeness (QED) is 0.774. The third-order valence-corrected chi connectivity index (χ3v) is 2.91. The fraction of sp³-hybridized carbons (Fsp3) is 0.455. The van der Waals surface area contributed by atoms with E-state index in [0.29, 0.717) is 23.0 Å². The molecule has 0 spiro atoms. The maximum absolute atomic E-state index is 11.8. The van der Waals surface area contributed by atoms with Crippen molar-refractivity contribution < 1.29 is 14.6 Å². The van der Waals surface area contributed by atoms with E-state index in [9.17, 15) is 9.90 Å². The molecule has 7 heteroatoms. The van der Waals surface area contributed by atoms with Gasteiger partial charge in [-0.3, -0.25) is 4.79 Å². The molecule has 1 rings (SSSR count). The van der Waals surface area contributed by atoms with Crippen LogP contribution in [0.3, 0.4) is 0 Å². The number of ether oxygens (including phenoxy) is 1. The van der Waals surface area contributed by atoms with Gasteiger partial charge >= 0.3 is 0 Å². The van der Waals surface area contributed by atoms with Crippen molar-refractivity contribution in [3.63, 3.8) is 0 Å². The molecule has 100 valence electrons. The number of halogens is 2. The summed E-state index contributed by atoms with van der Waals surface area (Å²) in [7, 11) is 1.51. The van der Waals surface area contributed by atoms with E-state index in [1.165, 1.54) is 13.3 Å². The Kier molecular flexibility index (Phi) is 6.56. The third-order valence-electron chi connectivity index (χ3n) is 2.17. The molecule has 0 bridgehead atoms. The number of hydrogen-bond donors (Lipinski definition) is 2. The van der Waals surface area contributed by atoms with E-state index in [-0.39, 0.29) is 17.7 Å². The highest BCUT2D eigenvalue weighted by Crippen LogP contribution is 2.17. The predicted octanol–water partition coefficient (Wildman–Crippen LogP) is 1.62. The van der Waals surface area contributed by atoms with Crippen molar-refractivity contribution in [2.45, 2.75) is 12.5 Å². The summed E-state index contributed by atoms with van der Waals surface area (Å²) < 4.78 is 5.46. The second-order valence-corrected chi connectivity index (χ2v) is 4.92. The lowest BCUT2D eigenvalue weighted by Crippen LogP contribution is -2.28. The molecule has 1 atom stereocenters. The summed E-state index contributed by atoms with van der Waals surface area (Å²) in [5.41, 5.74) is 0.298. The van der Waals surface area contributed by atoms with Crippen molar-refractivity contribution in [3.8, 4) is 0 Å². The SMILES string of the molecule is COCC(O)CCNC(=O)c1cc(Br)cnc1Cl. The van der Waals surface area contributed by atoms with Gasteiger partial charge in [0.2, 0.25) is 0 Å². The average Bonchev–Trinajstić information content (AvgIpc) is 2.32. The summed E-state index contributed by atoms with van der Waals surface area (Å²) in [4.78, 5) is 15.6. The van der Waals surface area contributed by atoms with Gasteiger partial charge in [-0.1, -0.05) is 11.6 Å². The fourth-order valence-corrected chi connectivity index (χ4v) is 1.83. The Morgan fingerprint density at radius 1 is 1.72 bits per heavy atom. The molecule has 1 aromatic rings. The summed E-state index contributed by atoms with van der Waals surface area (Å²) in [6, 6.07) is 1.59. The van der Waals surface area contributed by atoms with Crippen LogP contribution in [-0.4, -0.2) is 42.4 Å². The number of pyridine rings is 1. The smallest absolute Gasteiger partial charge is 0.254 e. The van der Waals surface area contributed by atoms with Crippen LogP contribution < -0.4 is 5.32 Å². The molecule has 18 heavy (non-hydrogen) atoms. The molecule has 1 unspecified atom stereocenters. The molecular formula is C11H14BrClN2O3. The number of aromatic nitrogens is 1. The Morgan fingerprint density at radius 3 is 3.11 bits per heavy atom. The second kappa shape index (κ2) is 7.68. The first kappa shape index (κ1) is 15.4. The topological polar surface area (TPSA) is 71.5 Å². The molecule has 0 saturated carbocycles. The van der Waals surface area contributed by atoms with Crippen LogP contribution in [0.1, 0.15) is 16.8 Å². The maximum atomic E-state index is 11.8. The van der Waals surface area contributed by atoms with Crippen LogP contribution in [0.4, 0.5) is 0 Å². The molecule has 0 radical (unpaired) electrons. The zero-order valence-electron chi connectivity index (χ0n) is 9.82. The minimum Gasteiger partial charge on any atom is -0.391 e. The number of aliphatic hydroxyl groups is 1. The van der Waals surface area contributed by atoms with Gasteiger partial charge in [0, 0.05) is 24.3 Å². The number of nitrogens with zero attached hydrogens (tertiary/aromatic N) is 1. The lowest BCUT2D eigenvalue weighted by Gasteiger charge is -2.10. The van der Waals surface area contributed by atoms with Gasteiger partial charge in [0.25, 0.3) is 5.91 Å². The number of nitrogens with one attached hydrogen (secondary N) is 1. The zero-order chi connectivity index (χ0) is 13.5. The normalized spacial score (nSPS) is 12.2. The van der Waals surface area contributed by atoms with Crippen molar-refractivity contribution >= 4 is 33.4 Å². The maximum Gasteiger partial charge on any atom is 0.254 e. The lowest BCUT2D eigenvalue weighted by molar-refractivity contribution is 0.0587. The standard InChI is InChI=1S/C11H14BrClN2O3/c1-18-6-8(16)2-3-14-11(17)9-4-7(12)5-15-10(9)13/h4-5,8,16H,2-3,6H2,1H3,(H,14,17). The minimum atomic E-state index is -0.591. The van der Waals surface area contributed by atoms with Crippen LogP contribution in [-0.2, 0) is 4.74 Å². The molecule has 0 aliphatic rings. The fourth-order valence-electron chi connectivity index (χ4n) is 1.31. The first-order valence-corrected chi connectivity index (χ1v) is 6.48. The van der Waals surface area contributed by atoms with Crippen molar-refractivity contribution in [1.82, 2.24) is 10.3 Å². The first-order valence-electron chi connectivity index (χ1n) is 5.31. The van der Waals surface area contributed by atoms with E-state index in [0.717, 1.165) is 0 Å². The van der Waals surface area contributed by atoms with Gasteiger partial charge in [-0.15, -0.1) is 0 Å². The second-order valence-electron chi connectivity index (χ2n) is 3.65. The number of methoxy groups -OCH3 is 1. The number of carbonyl (C=O) groups is 1. The molecule has 5 nitrogen and oxygen atoms in total. The van der Waals surface area contributed by atoms with Crippen molar-refractivity contribution in [1.29, 1.82) is 0 Å². The molecule has 0 aliphatic carbocycles. The number of rotatable bonds is 6. The molecule has 1 aromatic heterocycles. The van der Waals surface area contributed by atoms with E-state index in [4.69, 9.17) is 16.3 Å². The van der Waals surface area contributed by atoms with Crippen LogP contribution in [0.25, 0.3) is 0 Å². The highest BCUT2D eigenvalue weighted by atomic mass is 79.9. The van der Waals surface area contributed by atoms with E-state index in [1.54, 1.807) is 6.07 Å². The van der Waals surface area contributed by atoms with Crippen LogP contribution in [0, 0.1) is 0 Å². The summed E-state index contributed by atoms with van der Waals surface area (Å²) in [5.74, 6) is -0.321. The largest absolute Gasteiger partial charge is 0.391 e. The number of carbonyl (C=O) groups excluding carboxylic acids is 1. The Morgan fingerprint density at radius 2 is 2.44 bits per heavy atom. The molecule has 0 aliphatic heterocycles. The van der Waals surface area contributed by atoms with Crippen LogP contribution >= 0.6 is 27.5 Å². The summed E-state index contributed by atoms with van der Waals surface area (Å²) in [5, 5.41) is 12.2. The minimum absolute atomic E-state index is 0.146. The summed E-state index contributed by atoms with van der Waals surface area (Å²) >= 11 is 9.04. The molecule has 2 N–H and O–H groups in total. The molecule has 0 saturated heterocycles. The zero-order valence-corrected chi connectivity index (χ0v) is 12.2. The van der Waals surface area contributed by atoms with Gasteiger partial charge in [-0.2, -0.15) is 0 Å². The van der Waals surface area contributed by atoms with E-state index >= 15 is 0 Å². The highest BCUT2D eigenvalue weighted by molar-refractivity contribution is 9.10. The summed E-state index contributed by atoms with van der Waals surface area (Å²) in [6.07, 6.45) is 1.34. The number of amides is 1. The summed E-state index contributed by atoms with van der Waals surface area (Å²) in [6.45, 7) is 0.585. The molecule has 0 aromatic carbocycles. The molecule has 1 amide bonds. The lowest BCUT2D eigenvalue weighted by atomic mass is 10.2.